The molecular formula is C14H12ClN3O. The summed E-state index contributed by atoms with van der Waals surface area (Å²) in [6.45, 7) is 1.80. The molecule has 5 heteroatoms. The van der Waals surface area contributed by atoms with E-state index in [0.29, 0.717) is 16.4 Å². The van der Waals surface area contributed by atoms with Gasteiger partial charge in [-0.15, -0.1) is 0 Å². The summed E-state index contributed by atoms with van der Waals surface area (Å²) in [6, 6.07) is 12.4. The summed E-state index contributed by atoms with van der Waals surface area (Å²) in [5.74, 6) is -0.345. The van der Waals surface area contributed by atoms with Crippen LogP contribution in [0, 0.1) is 0 Å². The minimum absolute atomic E-state index is 0.324. The summed E-state index contributed by atoms with van der Waals surface area (Å²) in [7, 11) is 0. The first-order chi connectivity index (χ1) is 9.16. The van der Waals surface area contributed by atoms with Crippen molar-refractivity contribution in [2.24, 2.45) is 5.10 Å². The maximum absolute atomic E-state index is 11.7. The summed E-state index contributed by atoms with van der Waals surface area (Å²) in [6.07, 6.45) is 1.56. The second-order valence-corrected chi connectivity index (χ2v) is 4.30. The van der Waals surface area contributed by atoms with Gasteiger partial charge in [0, 0.05) is 11.2 Å². The maximum atomic E-state index is 11.7. The third-order valence-corrected chi connectivity index (χ3v) is 2.70. The lowest BCUT2D eigenvalue weighted by molar-refractivity contribution is 0.0950. The number of amides is 1. The van der Waals surface area contributed by atoms with Crippen molar-refractivity contribution in [1.82, 2.24) is 10.4 Å². The van der Waals surface area contributed by atoms with Gasteiger partial charge in [-0.05, 0) is 36.8 Å². The highest BCUT2D eigenvalue weighted by Gasteiger charge is 2.05. The van der Waals surface area contributed by atoms with Gasteiger partial charge in [0.2, 0.25) is 0 Å². The smallest absolute Gasteiger partial charge is 0.266 e. The molecule has 4 nitrogen and oxygen atoms in total. The highest BCUT2D eigenvalue weighted by molar-refractivity contribution is 6.31. The van der Waals surface area contributed by atoms with E-state index in [9.17, 15) is 4.79 Å². The van der Waals surface area contributed by atoms with Crippen molar-refractivity contribution in [1.29, 1.82) is 0 Å². The zero-order chi connectivity index (χ0) is 13.7. The van der Waals surface area contributed by atoms with E-state index in [2.05, 4.69) is 15.5 Å². The van der Waals surface area contributed by atoms with Crippen LogP contribution in [0.2, 0.25) is 5.02 Å². The van der Waals surface area contributed by atoms with Gasteiger partial charge >= 0.3 is 0 Å². The van der Waals surface area contributed by atoms with Gasteiger partial charge in [-0.1, -0.05) is 29.8 Å². The van der Waals surface area contributed by atoms with Crippen LogP contribution in [0.1, 0.15) is 23.0 Å². The molecule has 0 saturated heterocycles. The Morgan fingerprint density at radius 1 is 1.26 bits per heavy atom. The molecule has 0 unspecified atom stereocenters. The first kappa shape index (κ1) is 13.2. The Balaban J connectivity index is 2.09. The normalized spacial score (nSPS) is 11.2. The molecule has 1 aromatic carbocycles. The average molecular weight is 274 g/mol. The molecule has 0 radical (unpaired) electrons. The second kappa shape index (κ2) is 6.11. The molecule has 0 aliphatic heterocycles. The van der Waals surface area contributed by atoms with Crippen molar-refractivity contribution in [3.8, 4) is 0 Å². The third-order valence-electron chi connectivity index (χ3n) is 2.47. The number of hydrogen-bond acceptors (Lipinski definition) is 3. The molecule has 0 saturated carbocycles. The Labute approximate surface area is 116 Å². The highest BCUT2D eigenvalue weighted by atomic mass is 35.5. The van der Waals surface area contributed by atoms with Gasteiger partial charge in [-0.25, -0.2) is 5.43 Å². The lowest BCUT2D eigenvalue weighted by Gasteiger charge is -2.03. The van der Waals surface area contributed by atoms with Gasteiger partial charge in [-0.2, -0.15) is 5.10 Å². The number of carbonyl (C=O) groups excluding carboxylic acids is 1. The van der Waals surface area contributed by atoms with E-state index in [1.807, 2.05) is 12.1 Å². The van der Waals surface area contributed by atoms with E-state index < -0.39 is 0 Å². The molecule has 0 bridgehead atoms. The fraction of sp³-hybridized carbons (Fsp3) is 0.0714. The summed E-state index contributed by atoms with van der Waals surface area (Å²) in [5.41, 5.74) is 4.31. The molecule has 2 aromatic rings. The quantitative estimate of drug-likeness (QED) is 0.690. The fourth-order valence-corrected chi connectivity index (χ4v) is 1.66. The summed E-state index contributed by atoms with van der Waals surface area (Å²) in [5, 5.41) is 4.66. The van der Waals surface area contributed by atoms with Crippen molar-refractivity contribution >= 4 is 23.2 Å². The van der Waals surface area contributed by atoms with Crippen LogP contribution in [0.5, 0.6) is 0 Å². The Hall–Kier alpha value is -2.20. The number of rotatable bonds is 3. The molecule has 96 valence electrons. The molecule has 1 aromatic heterocycles. The van der Waals surface area contributed by atoms with E-state index >= 15 is 0 Å². The Kier molecular flexibility index (Phi) is 4.26. The number of aromatic nitrogens is 1. The lowest BCUT2D eigenvalue weighted by atomic mass is 10.1. The molecule has 2 rings (SSSR count). The molecule has 0 aliphatic rings. The second-order valence-electron chi connectivity index (χ2n) is 3.86. The van der Waals surface area contributed by atoms with Gasteiger partial charge in [0.15, 0.2) is 0 Å². The van der Waals surface area contributed by atoms with E-state index in [1.165, 1.54) is 0 Å². The molecule has 0 aliphatic carbocycles. The van der Waals surface area contributed by atoms with Crippen LogP contribution in [0.15, 0.2) is 53.8 Å². The van der Waals surface area contributed by atoms with E-state index in [-0.39, 0.29) is 5.91 Å². The average Bonchev–Trinajstić information content (AvgIpc) is 2.45. The number of nitrogens with zero attached hydrogens (tertiary/aromatic N) is 2. The maximum Gasteiger partial charge on any atom is 0.289 e. The van der Waals surface area contributed by atoms with Crippen LogP contribution in [0.4, 0.5) is 0 Å². The summed E-state index contributed by atoms with van der Waals surface area (Å²) in [4.78, 5) is 15.7. The minimum Gasteiger partial charge on any atom is -0.266 e. The molecule has 1 heterocycles. The SMILES string of the molecule is C/C(=N\NC(=O)c1ccccn1)c1cccc(Cl)c1. The molecule has 1 N–H and O–H groups in total. The molecular weight excluding hydrogens is 262 g/mol. The number of pyridine rings is 1. The minimum atomic E-state index is -0.345. The monoisotopic (exact) mass is 273 g/mol. The first-order valence-corrected chi connectivity index (χ1v) is 6.06. The van der Waals surface area contributed by atoms with E-state index in [0.717, 1.165) is 5.56 Å². The number of hydrazone groups is 1. The number of carbonyl (C=O) groups is 1. The number of benzene rings is 1. The van der Waals surface area contributed by atoms with Crippen LogP contribution in [0.25, 0.3) is 0 Å². The van der Waals surface area contributed by atoms with Crippen LogP contribution < -0.4 is 5.43 Å². The van der Waals surface area contributed by atoms with Gasteiger partial charge in [-0.3, -0.25) is 9.78 Å². The lowest BCUT2D eigenvalue weighted by Crippen LogP contribution is -2.20. The molecule has 19 heavy (non-hydrogen) atoms. The van der Waals surface area contributed by atoms with Crippen molar-refractivity contribution < 1.29 is 4.79 Å². The van der Waals surface area contributed by atoms with Crippen LogP contribution >= 0.6 is 11.6 Å². The van der Waals surface area contributed by atoms with E-state index in [4.69, 9.17) is 11.6 Å². The predicted molar refractivity (Wildman–Crippen MR) is 75.4 cm³/mol. The van der Waals surface area contributed by atoms with Crippen molar-refractivity contribution in [2.75, 3.05) is 0 Å². The largest absolute Gasteiger partial charge is 0.289 e. The topological polar surface area (TPSA) is 54.4 Å². The van der Waals surface area contributed by atoms with Crippen LogP contribution in [-0.4, -0.2) is 16.6 Å². The first-order valence-electron chi connectivity index (χ1n) is 5.68. The molecule has 0 fully saturated rings. The zero-order valence-corrected chi connectivity index (χ0v) is 11.1. The van der Waals surface area contributed by atoms with E-state index in [1.54, 1.807) is 43.5 Å². The predicted octanol–water partition coefficient (Wildman–Crippen LogP) is 2.89. The van der Waals surface area contributed by atoms with Crippen LogP contribution in [-0.2, 0) is 0 Å². The van der Waals surface area contributed by atoms with Crippen molar-refractivity contribution in [3.05, 3.63) is 64.9 Å². The number of nitrogens with one attached hydrogen (secondary N) is 1. The molecule has 1 amide bonds. The Morgan fingerprint density at radius 3 is 2.79 bits per heavy atom. The molecule has 0 spiro atoms. The Bertz CT molecular complexity index is 611. The number of halogens is 1. The fourth-order valence-electron chi connectivity index (χ4n) is 1.47. The summed E-state index contributed by atoms with van der Waals surface area (Å²) < 4.78 is 0. The van der Waals surface area contributed by atoms with Gasteiger partial charge in [0.1, 0.15) is 5.69 Å². The zero-order valence-electron chi connectivity index (χ0n) is 10.3. The Morgan fingerprint density at radius 2 is 2.11 bits per heavy atom. The third kappa shape index (κ3) is 3.63. The van der Waals surface area contributed by atoms with Gasteiger partial charge < -0.3 is 0 Å². The molecule has 0 atom stereocenters. The van der Waals surface area contributed by atoms with Gasteiger partial charge in [0.25, 0.3) is 5.91 Å². The van der Waals surface area contributed by atoms with Crippen molar-refractivity contribution in [2.45, 2.75) is 6.92 Å². The highest BCUT2D eigenvalue weighted by Crippen LogP contribution is 2.11. The summed E-state index contributed by atoms with van der Waals surface area (Å²) >= 11 is 5.90. The number of hydrogen-bond donors (Lipinski definition) is 1. The van der Waals surface area contributed by atoms with Gasteiger partial charge in [0.05, 0.1) is 5.71 Å². The van der Waals surface area contributed by atoms with Crippen LogP contribution in [0.3, 0.4) is 0 Å². The van der Waals surface area contributed by atoms with Crippen molar-refractivity contribution in [3.63, 3.8) is 0 Å². The standard InChI is InChI=1S/C14H12ClN3O/c1-10(11-5-4-6-12(15)9-11)17-18-14(19)13-7-2-3-8-16-13/h2-9H,1H3,(H,18,19)/b17-10+.